The number of aliphatic hydroxyl groups is 1. The first-order chi connectivity index (χ1) is 23.1. The van der Waals surface area contributed by atoms with Crippen molar-refractivity contribution in [3.63, 3.8) is 0 Å². The van der Waals surface area contributed by atoms with E-state index in [2.05, 4.69) is 5.32 Å². The molecule has 49 heavy (non-hydrogen) atoms. The van der Waals surface area contributed by atoms with E-state index < -0.39 is 66.7 Å². The molecule has 17 heteroatoms. The Kier molecular flexibility index (Phi) is 15.3. The molecule has 0 spiro atoms. The highest BCUT2D eigenvalue weighted by molar-refractivity contribution is 7.93. The van der Waals surface area contributed by atoms with Gasteiger partial charge in [0.05, 0.1) is 36.2 Å². The number of allylic oxidation sites excluding steroid dienone is 4. The fourth-order valence-electron chi connectivity index (χ4n) is 5.38. The maximum absolute atomic E-state index is 13.7. The van der Waals surface area contributed by atoms with Crippen LogP contribution in [-0.4, -0.2) is 103 Å². The molecular formula is C32H49N2O13PS. The normalized spacial score (nSPS) is 22.9. The van der Waals surface area contributed by atoms with E-state index in [0.29, 0.717) is 18.6 Å². The molecule has 2 aliphatic rings. The quantitative estimate of drug-likeness (QED) is 0.119. The van der Waals surface area contributed by atoms with Crippen LogP contribution in [0.25, 0.3) is 0 Å². The van der Waals surface area contributed by atoms with Gasteiger partial charge in [-0.05, 0) is 62.8 Å². The Bertz CT molecular complexity index is 1470. The second kappa shape index (κ2) is 18.4. The molecule has 0 aliphatic carbocycles. The summed E-state index contributed by atoms with van der Waals surface area (Å²) in [6.07, 6.45) is 0.393. The van der Waals surface area contributed by atoms with Crippen LogP contribution in [0.1, 0.15) is 53.0 Å². The second-order valence-corrected chi connectivity index (χ2v) is 16.1. The lowest BCUT2D eigenvalue weighted by Gasteiger charge is -2.31. The minimum Gasteiger partial charge on any atom is -0.481 e. The van der Waals surface area contributed by atoms with E-state index in [9.17, 15) is 32.6 Å². The molecule has 1 aromatic rings. The number of fused-ring (bicyclic) bond motifs is 1. The third kappa shape index (κ3) is 12.2. The number of hydrogen-bond acceptors (Lipinski definition) is 11. The number of carboxylic acids is 1. The molecule has 2 aliphatic heterocycles. The molecule has 0 aromatic heterocycles. The zero-order valence-electron chi connectivity index (χ0n) is 28.5. The van der Waals surface area contributed by atoms with Crippen molar-refractivity contribution in [2.45, 2.75) is 84.5 Å². The van der Waals surface area contributed by atoms with E-state index >= 15 is 0 Å². The smallest absolute Gasteiger partial charge is 0.407 e. The Morgan fingerprint density at radius 2 is 1.86 bits per heavy atom. The number of nitrogens with zero attached hydrogens (tertiary/aromatic N) is 1. The molecule has 0 bridgehead atoms. The van der Waals surface area contributed by atoms with E-state index in [-0.39, 0.29) is 55.0 Å². The van der Waals surface area contributed by atoms with Gasteiger partial charge < -0.3 is 39.4 Å². The standard InChI is InChI=1S/C32H49N2O13PS/c1-6-8-9-25(7-2)49(41,42)34(17-21(3)4)18-28(35)27(33-32(38)46-29-19-44-31-26(29)14-15-43-31)16-23-10-12-24(13-11-23)45-20-48(39,40)47-22(5)30(36)37/h6,8-13,21-22,26-29,31,35H,7,14-20H2,1-5H3,(H,33,38)(H,36,37)(H,39,40)/b8-6-,25-9+/t22-,26-,27-,28+,29-,31+/m0/s1. The Labute approximate surface area is 287 Å². The minimum atomic E-state index is -4.38. The maximum Gasteiger partial charge on any atom is 0.407 e. The molecule has 1 amide bonds. The van der Waals surface area contributed by atoms with E-state index in [1.807, 2.05) is 13.8 Å². The summed E-state index contributed by atoms with van der Waals surface area (Å²) in [6, 6.07) is 5.18. The van der Waals surface area contributed by atoms with Crippen LogP contribution in [-0.2, 0) is 44.5 Å². The number of alkyl carbamates (subject to hydrolysis) is 1. The third-order valence-corrected chi connectivity index (χ3v) is 11.1. The van der Waals surface area contributed by atoms with Crippen LogP contribution >= 0.6 is 7.60 Å². The molecule has 15 nitrogen and oxygen atoms in total. The van der Waals surface area contributed by atoms with Gasteiger partial charge in [0.2, 0.25) is 10.0 Å². The zero-order valence-corrected chi connectivity index (χ0v) is 30.2. The highest BCUT2D eigenvalue weighted by atomic mass is 32.2. The van der Waals surface area contributed by atoms with Gasteiger partial charge >= 0.3 is 19.7 Å². The lowest BCUT2D eigenvalue weighted by atomic mass is 10.0. The fraction of sp³-hybridized carbons (Fsp3) is 0.625. The van der Waals surface area contributed by atoms with Gasteiger partial charge in [-0.15, -0.1) is 0 Å². The molecule has 3 rings (SSSR count). The molecule has 1 aromatic carbocycles. The Balaban J connectivity index is 1.80. The molecule has 0 saturated carbocycles. The number of carbonyl (C=O) groups is 2. The van der Waals surface area contributed by atoms with Crippen LogP contribution in [0.2, 0.25) is 0 Å². The summed E-state index contributed by atoms with van der Waals surface area (Å²) in [7, 11) is -8.35. The molecule has 2 fully saturated rings. The lowest BCUT2D eigenvalue weighted by Crippen LogP contribution is -2.51. The Morgan fingerprint density at radius 3 is 2.47 bits per heavy atom. The summed E-state index contributed by atoms with van der Waals surface area (Å²) in [5.74, 6) is -1.40. The monoisotopic (exact) mass is 732 g/mol. The summed E-state index contributed by atoms with van der Waals surface area (Å²) in [5.41, 5.74) is 0.605. The third-order valence-electron chi connectivity index (χ3n) is 7.91. The fourth-order valence-corrected chi connectivity index (χ4v) is 8.13. The number of ether oxygens (including phenoxy) is 4. The summed E-state index contributed by atoms with van der Waals surface area (Å²) in [5, 5.41) is 23.2. The van der Waals surface area contributed by atoms with Crippen molar-refractivity contribution in [1.82, 2.24) is 9.62 Å². The van der Waals surface area contributed by atoms with E-state index in [1.165, 1.54) is 22.5 Å². The average Bonchev–Trinajstić information content (AvgIpc) is 3.65. The zero-order chi connectivity index (χ0) is 36.4. The maximum atomic E-state index is 13.7. The minimum absolute atomic E-state index is 0.0508. The van der Waals surface area contributed by atoms with Crippen molar-refractivity contribution in [3.05, 3.63) is 53.0 Å². The molecule has 276 valence electrons. The van der Waals surface area contributed by atoms with Crippen LogP contribution in [0, 0.1) is 11.8 Å². The van der Waals surface area contributed by atoms with Gasteiger partial charge in [-0.1, -0.05) is 45.1 Å². The number of rotatable bonds is 19. The first kappa shape index (κ1) is 40.6. The first-order valence-electron chi connectivity index (χ1n) is 16.2. The number of sulfonamides is 1. The van der Waals surface area contributed by atoms with Crippen molar-refractivity contribution >= 4 is 29.7 Å². The molecule has 7 atom stereocenters. The number of carbonyl (C=O) groups excluding carboxylic acids is 1. The van der Waals surface area contributed by atoms with Crippen LogP contribution < -0.4 is 10.1 Å². The van der Waals surface area contributed by atoms with E-state index in [1.54, 1.807) is 38.1 Å². The molecule has 2 saturated heterocycles. The SMILES string of the molecule is C/C=C\C=C(/CC)S(=O)(=O)N(CC(C)C)C[C@@H](O)[C@H](Cc1ccc(OCP(=O)(O)O[C@@H](C)C(=O)O)cc1)NC(=O)O[C@H]1CO[C@H]2OCC[C@H]21. The van der Waals surface area contributed by atoms with Crippen LogP contribution in [0.4, 0.5) is 4.79 Å². The lowest BCUT2D eigenvalue weighted by molar-refractivity contribution is -0.144. The van der Waals surface area contributed by atoms with Gasteiger partial charge in [-0.25, -0.2) is 18.0 Å². The van der Waals surface area contributed by atoms with E-state index in [0.717, 1.165) is 6.92 Å². The van der Waals surface area contributed by atoms with Gasteiger partial charge in [-0.3, -0.25) is 9.09 Å². The summed E-state index contributed by atoms with van der Waals surface area (Å²) in [4.78, 5) is 34.3. The van der Waals surface area contributed by atoms with Gasteiger partial charge in [0.25, 0.3) is 0 Å². The Morgan fingerprint density at radius 1 is 1.16 bits per heavy atom. The Hall–Kier alpha value is -2.82. The van der Waals surface area contributed by atoms with Crippen molar-refractivity contribution in [2.75, 3.05) is 32.7 Å². The highest BCUT2D eigenvalue weighted by Gasteiger charge is 2.44. The number of carboxylic acid groups (broad SMARTS) is 1. The predicted molar refractivity (Wildman–Crippen MR) is 179 cm³/mol. The molecular weight excluding hydrogens is 683 g/mol. The number of nitrogens with one attached hydrogen (secondary N) is 1. The molecule has 1 unspecified atom stereocenters. The highest BCUT2D eigenvalue weighted by Crippen LogP contribution is 2.43. The number of benzene rings is 1. The van der Waals surface area contributed by atoms with Gasteiger partial charge in [-0.2, -0.15) is 4.31 Å². The largest absolute Gasteiger partial charge is 0.481 e. The summed E-state index contributed by atoms with van der Waals surface area (Å²) < 4.78 is 67.7. The molecule has 4 N–H and O–H groups in total. The summed E-state index contributed by atoms with van der Waals surface area (Å²) in [6.45, 7) is 8.84. The first-order valence-corrected chi connectivity index (χ1v) is 19.4. The van der Waals surface area contributed by atoms with Crippen molar-refractivity contribution in [3.8, 4) is 5.75 Å². The van der Waals surface area contributed by atoms with Crippen molar-refractivity contribution in [2.24, 2.45) is 11.8 Å². The van der Waals surface area contributed by atoms with Gasteiger partial charge in [0.15, 0.2) is 18.7 Å². The van der Waals surface area contributed by atoms with Crippen LogP contribution in [0.15, 0.2) is 47.4 Å². The predicted octanol–water partition coefficient (Wildman–Crippen LogP) is 3.62. The molecule has 0 radical (unpaired) electrons. The number of aliphatic carboxylic acids is 1. The summed E-state index contributed by atoms with van der Waals surface area (Å²) >= 11 is 0. The topological polar surface area (TPSA) is 207 Å². The van der Waals surface area contributed by atoms with Gasteiger partial charge in [0.1, 0.15) is 11.9 Å². The molecule has 2 heterocycles. The number of amides is 1. The van der Waals surface area contributed by atoms with Crippen LogP contribution in [0.5, 0.6) is 5.75 Å². The average molecular weight is 733 g/mol. The number of aliphatic hydroxyl groups excluding tert-OH is 1. The van der Waals surface area contributed by atoms with Crippen LogP contribution in [0.3, 0.4) is 0 Å². The van der Waals surface area contributed by atoms with Crippen molar-refractivity contribution < 1.29 is 61.1 Å². The second-order valence-electron chi connectivity index (χ2n) is 12.4. The van der Waals surface area contributed by atoms with Gasteiger partial charge in [0, 0.05) is 13.1 Å². The van der Waals surface area contributed by atoms with Crippen molar-refractivity contribution in [1.29, 1.82) is 0 Å². The van der Waals surface area contributed by atoms with E-state index in [4.69, 9.17) is 28.6 Å². The number of hydrogen-bond donors (Lipinski definition) is 4.